The quantitative estimate of drug-likeness (QED) is 0.447. The molecule has 1 fully saturated rings. The van der Waals surface area contributed by atoms with Crippen molar-refractivity contribution >= 4 is 5.96 Å². The minimum Gasteiger partial charge on any atom is -0.463 e. The highest BCUT2D eigenvalue weighted by molar-refractivity contribution is 5.80. The Bertz CT molecular complexity index is 947. The number of nitrogens with one attached hydrogen (secondary N) is 2. The molecule has 1 aromatic heterocycles. The van der Waals surface area contributed by atoms with Gasteiger partial charge in [-0.2, -0.15) is 0 Å². The van der Waals surface area contributed by atoms with Crippen molar-refractivity contribution in [3.8, 4) is 11.5 Å². The first-order valence-electron chi connectivity index (χ1n) is 11.2. The van der Waals surface area contributed by atoms with Gasteiger partial charge in [0.25, 0.3) is 0 Å². The second-order valence-corrected chi connectivity index (χ2v) is 8.69. The fraction of sp³-hybridized carbons (Fsp3) is 0.542. The summed E-state index contributed by atoms with van der Waals surface area (Å²) in [5.74, 6) is 3.51. The Morgan fingerprint density at radius 2 is 1.91 bits per heavy atom. The van der Waals surface area contributed by atoms with E-state index in [2.05, 4.69) is 27.8 Å². The maximum Gasteiger partial charge on any atom is 0.231 e. The summed E-state index contributed by atoms with van der Waals surface area (Å²) in [6.07, 6.45) is 1.78. The molecule has 0 amide bonds. The molecule has 1 atom stereocenters. The highest BCUT2D eigenvalue weighted by Gasteiger charge is 2.36. The van der Waals surface area contributed by atoms with Crippen molar-refractivity contribution in [2.24, 2.45) is 4.99 Å². The molecule has 8 heteroatoms. The average Bonchev–Trinajstić information content (AvgIpc) is 3.45. The third kappa shape index (κ3) is 4.86. The number of hydrogen-bond acceptors (Lipinski definition) is 6. The number of aliphatic imine (C=N–C) groups is 1. The topological polar surface area (TPSA) is 97.5 Å². The van der Waals surface area contributed by atoms with Crippen LogP contribution < -0.4 is 20.1 Å². The lowest BCUT2D eigenvalue weighted by Crippen LogP contribution is -2.48. The third-order valence-corrected chi connectivity index (χ3v) is 6.19. The Labute approximate surface area is 189 Å². The molecule has 2 aromatic rings. The Kier molecular flexibility index (Phi) is 6.62. The van der Waals surface area contributed by atoms with Crippen LogP contribution in [0.4, 0.5) is 0 Å². The van der Waals surface area contributed by atoms with Crippen molar-refractivity contribution in [3.05, 3.63) is 47.4 Å². The van der Waals surface area contributed by atoms with Gasteiger partial charge >= 0.3 is 0 Å². The van der Waals surface area contributed by atoms with Crippen LogP contribution in [0.3, 0.4) is 0 Å². The van der Waals surface area contributed by atoms with E-state index in [-0.39, 0.29) is 18.8 Å². The standard InChI is InChI=1S/C24H33N3O5/c1-4-25-22(26-14-23(3,28)21-8-5-17(2)32-21)27-15-24(9-11-29-12-10-24)18-6-7-19-20(13-18)31-16-30-19/h5-8,13,28H,4,9-12,14-16H2,1-3H3,(H2,25,26,27). The highest BCUT2D eigenvalue weighted by Crippen LogP contribution is 2.40. The van der Waals surface area contributed by atoms with Crippen LogP contribution in [0.1, 0.15) is 43.8 Å². The molecule has 0 aliphatic carbocycles. The summed E-state index contributed by atoms with van der Waals surface area (Å²) in [5, 5.41) is 17.6. The SMILES string of the molecule is CCNC(=NCC(C)(O)c1ccc(C)o1)NCC1(c2ccc3c(c2)OCO3)CCOCC1. The molecule has 0 saturated carbocycles. The predicted molar refractivity (Wildman–Crippen MR) is 121 cm³/mol. The van der Waals surface area contributed by atoms with Gasteiger partial charge in [0, 0.05) is 31.7 Å². The molecule has 32 heavy (non-hydrogen) atoms. The van der Waals surface area contributed by atoms with E-state index in [1.54, 1.807) is 13.0 Å². The summed E-state index contributed by atoms with van der Waals surface area (Å²) in [5.41, 5.74) is -0.105. The van der Waals surface area contributed by atoms with E-state index in [1.165, 1.54) is 5.56 Å². The van der Waals surface area contributed by atoms with Crippen molar-refractivity contribution in [3.63, 3.8) is 0 Å². The lowest BCUT2D eigenvalue weighted by atomic mass is 9.74. The summed E-state index contributed by atoms with van der Waals surface area (Å²) in [6, 6.07) is 9.83. The first-order valence-corrected chi connectivity index (χ1v) is 11.2. The Morgan fingerprint density at radius 3 is 2.62 bits per heavy atom. The number of rotatable bonds is 7. The average molecular weight is 444 g/mol. The molecule has 174 valence electrons. The minimum atomic E-state index is -1.19. The first kappa shape index (κ1) is 22.5. The molecule has 3 N–H and O–H groups in total. The second-order valence-electron chi connectivity index (χ2n) is 8.69. The summed E-state index contributed by atoms with van der Waals surface area (Å²) >= 11 is 0. The molecule has 3 heterocycles. The molecule has 0 radical (unpaired) electrons. The van der Waals surface area contributed by atoms with Crippen molar-refractivity contribution in [1.29, 1.82) is 0 Å². The van der Waals surface area contributed by atoms with E-state index in [1.807, 2.05) is 26.0 Å². The zero-order chi connectivity index (χ0) is 22.6. The Hall–Kier alpha value is -2.71. The summed E-state index contributed by atoms with van der Waals surface area (Å²) in [7, 11) is 0. The lowest BCUT2D eigenvalue weighted by Gasteiger charge is -2.38. The molecule has 4 rings (SSSR count). The number of fused-ring (bicyclic) bond motifs is 1. The van der Waals surface area contributed by atoms with E-state index >= 15 is 0 Å². The molecule has 0 spiro atoms. The van der Waals surface area contributed by atoms with Crippen LogP contribution >= 0.6 is 0 Å². The van der Waals surface area contributed by atoms with Gasteiger partial charge in [-0.05, 0) is 63.4 Å². The van der Waals surface area contributed by atoms with Gasteiger partial charge in [-0.1, -0.05) is 6.07 Å². The number of hydrogen-bond donors (Lipinski definition) is 3. The molecule has 2 aliphatic rings. The number of benzene rings is 1. The maximum absolute atomic E-state index is 10.9. The van der Waals surface area contributed by atoms with Crippen molar-refractivity contribution in [2.75, 3.05) is 39.6 Å². The molecule has 1 unspecified atom stereocenters. The summed E-state index contributed by atoms with van der Waals surface area (Å²) in [4.78, 5) is 4.65. The smallest absolute Gasteiger partial charge is 0.231 e. The molecule has 0 bridgehead atoms. The van der Waals surface area contributed by atoms with Crippen LogP contribution in [-0.2, 0) is 15.8 Å². The van der Waals surface area contributed by atoms with Gasteiger partial charge in [0.2, 0.25) is 6.79 Å². The third-order valence-electron chi connectivity index (χ3n) is 6.19. The first-order chi connectivity index (χ1) is 15.4. The van der Waals surface area contributed by atoms with E-state index in [9.17, 15) is 5.11 Å². The van der Waals surface area contributed by atoms with Crippen molar-refractivity contribution in [1.82, 2.24) is 10.6 Å². The van der Waals surface area contributed by atoms with Crippen LogP contribution in [0, 0.1) is 6.92 Å². The van der Waals surface area contributed by atoms with E-state index < -0.39 is 5.60 Å². The fourth-order valence-electron chi connectivity index (χ4n) is 4.19. The monoisotopic (exact) mass is 443 g/mol. The zero-order valence-corrected chi connectivity index (χ0v) is 19.1. The largest absolute Gasteiger partial charge is 0.463 e. The summed E-state index contributed by atoms with van der Waals surface area (Å²) in [6.45, 7) is 8.84. The van der Waals surface area contributed by atoms with Gasteiger partial charge in [0.1, 0.15) is 17.1 Å². The van der Waals surface area contributed by atoms with E-state index in [0.717, 1.165) is 30.1 Å². The number of furan rings is 1. The van der Waals surface area contributed by atoms with Crippen LogP contribution in [-0.4, -0.2) is 50.7 Å². The maximum atomic E-state index is 10.9. The molecule has 2 aliphatic heterocycles. The Balaban J connectivity index is 1.50. The zero-order valence-electron chi connectivity index (χ0n) is 19.1. The van der Waals surface area contributed by atoms with E-state index in [4.69, 9.17) is 18.6 Å². The van der Waals surface area contributed by atoms with Crippen LogP contribution in [0.2, 0.25) is 0 Å². The number of aryl methyl sites for hydroxylation is 1. The number of aliphatic hydroxyl groups is 1. The molecular formula is C24H33N3O5. The van der Waals surface area contributed by atoms with Gasteiger partial charge in [0.05, 0.1) is 6.54 Å². The second kappa shape index (κ2) is 9.42. The predicted octanol–water partition coefficient (Wildman–Crippen LogP) is 2.83. The summed E-state index contributed by atoms with van der Waals surface area (Å²) < 4.78 is 22.4. The number of guanidine groups is 1. The van der Waals surface area contributed by atoms with Crippen LogP contribution in [0.5, 0.6) is 11.5 Å². The van der Waals surface area contributed by atoms with Crippen molar-refractivity contribution < 1.29 is 23.7 Å². The van der Waals surface area contributed by atoms with Crippen molar-refractivity contribution in [2.45, 2.75) is 44.6 Å². The highest BCUT2D eigenvalue weighted by atomic mass is 16.7. The van der Waals surface area contributed by atoms with Crippen LogP contribution in [0.25, 0.3) is 0 Å². The lowest BCUT2D eigenvalue weighted by molar-refractivity contribution is 0.0427. The minimum absolute atomic E-state index is 0.115. The van der Waals surface area contributed by atoms with Gasteiger partial charge in [-0.15, -0.1) is 0 Å². The van der Waals surface area contributed by atoms with Gasteiger partial charge in [-0.3, -0.25) is 0 Å². The molecule has 1 saturated heterocycles. The number of nitrogens with zero attached hydrogens (tertiary/aromatic N) is 1. The van der Waals surface area contributed by atoms with Gasteiger partial charge in [-0.25, -0.2) is 4.99 Å². The van der Waals surface area contributed by atoms with Crippen LogP contribution in [0.15, 0.2) is 39.7 Å². The van der Waals surface area contributed by atoms with Gasteiger partial charge in [0.15, 0.2) is 17.5 Å². The Morgan fingerprint density at radius 1 is 1.12 bits per heavy atom. The molecule has 1 aromatic carbocycles. The number of ether oxygens (including phenoxy) is 3. The van der Waals surface area contributed by atoms with Gasteiger partial charge < -0.3 is 34.4 Å². The normalized spacial score (nSPS) is 19.4. The molecule has 8 nitrogen and oxygen atoms in total. The fourth-order valence-corrected chi connectivity index (χ4v) is 4.19. The molecular weight excluding hydrogens is 410 g/mol. The van der Waals surface area contributed by atoms with E-state index in [0.29, 0.717) is 38.0 Å².